The van der Waals surface area contributed by atoms with E-state index < -0.39 is 29.2 Å². The molecule has 0 aromatic rings. The maximum Gasteiger partial charge on any atom is 0.352 e. The predicted octanol–water partition coefficient (Wildman–Crippen LogP) is 0.517. The Morgan fingerprint density at radius 3 is 2.00 bits per heavy atom. The molecule has 106 valence electrons. The Labute approximate surface area is 107 Å². The van der Waals surface area contributed by atoms with E-state index in [1.165, 1.54) is 0 Å². The second-order valence-electron chi connectivity index (χ2n) is 5.81. The first kappa shape index (κ1) is 16.9. The summed E-state index contributed by atoms with van der Waals surface area (Å²) in [5, 5.41) is 19.1. The molecule has 2 atom stereocenters. The third kappa shape index (κ3) is 4.27. The highest BCUT2D eigenvalue weighted by atomic mass is 16.6. The van der Waals surface area contributed by atoms with E-state index in [0.717, 1.165) is 0 Å². The van der Waals surface area contributed by atoms with Gasteiger partial charge < -0.3 is 20.7 Å². The summed E-state index contributed by atoms with van der Waals surface area (Å²) in [4.78, 5) is 23.0. The van der Waals surface area contributed by atoms with Gasteiger partial charge in [0.15, 0.2) is 0 Å². The van der Waals surface area contributed by atoms with Gasteiger partial charge >= 0.3 is 11.9 Å². The molecule has 0 aromatic carbocycles. The van der Waals surface area contributed by atoms with Gasteiger partial charge in [0.25, 0.3) is 5.60 Å². The van der Waals surface area contributed by atoms with Crippen molar-refractivity contribution in [2.45, 2.75) is 58.3 Å². The normalized spacial score (nSPS) is 17.1. The van der Waals surface area contributed by atoms with E-state index in [0.29, 0.717) is 0 Å². The summed E-state index contributed by atoms with van der Waals surface area (Å²) in [6.45, 7) is 8.39. The van der Waals surface area contributed by atoms with E-state index in [4.69, 9.17) is 15.6 Å². The van der Waals surface area contributed by atoms with Gasteiger partial charge in [-0.2, -0.15) is 0 Å². The summed E-state index contributed by atoms with van der Waals surface area (Å²) >= 11 is 0. The number of carboxylic acid groups (broad SMARTS) is 1. The third-order valence-corrected chi connectivity index (χ3v) is 2.30. The third-order valence-electron chi connectivity index (χ3n) is 2.30. The van der Waals surface area contributed by atoms with Crippen molar-refractivity contribution in [1.82, 2.24) is 0 Å². The van der Waals surface area contributed by atoms with Gasteiger partial charge in [0.1, 0.15) is 5.60 Å². The Balaban J connectivity index is 5.15. The fraction of sp³-hybridized carbons (Fsp3) is 0.833. The van der Waals surface area contributed by atoms with Crippen molar-refractivity contribution in [2.24, 2.45) is 11.7 Å². The molecule has 0 aromatic heterocycles. The molecule has 0 fully saturated rings. The van der Waals surface area contributed by atoms with Crippen molar-refractivity contribution < 1.29 is 24.5 Å². The van der Waals surface area contributed by atoms with E-state index in [1.54, 1.807) is 20.8 Å². The van der Waals surface area contributed by atoms with Crippen LogP contribution in [0, 0.1) is 5.92 Å². The fourth-order valence-corrected chi connectivity index (χ4v) is 1.43. The van der Waals surface area contributed by atoms with Crippen molar-refractivity contribution in [3.8, 4) is 0 Å². The van der Waals surface area contributed by atoms with Gasteiger partial charge in [-0.1, -0.05) is 13.8 Å². The summed E-state index contributed by atoms with van der Waals surface area (Å²) in [5.41, 5.74) is 2.04. The highest BCUT2D eigenvalue weighted by Crippen LogP contribution is 2.21. The predicted molar refractivity (Wildman–Crippen MR) is 65.9 cm³/mol. The van der Waals surface area contributed by atoms with E-state index in [1.807, 2.05) is 13.8 Å². The maximum absolute atomic E-state index is 11.8. The Morgan fingerprint density at radius 1 is 1.28 bits per heavy atom. The average molecular weight is 261 g/mol. The smallest absolute Gasteiger partial charge is 0.352 e. The summed E-state index contributed by atoms with van der Waals surface area (Å²) in [5.74, 6) is -2.87. The summed E-state index contributed by atoms with van der Waals surface area (Å²) in [6.07, 6.45) is 0.196. The van der Waals surface area contributed by atoms with Crippen LogP contribution in [0.15, 0.2) is 0 Å². The highest BCUT2D eigenvalue weighted by molar-refractivity contribution is 6.03. The fourth-order valence-electron chi connectivity index (χ4n) is 1.43. The second-order valence-corrected chi connectivity index (χ2v) is 5.81. The minimum absolute atomic E-state index is 0.0494. The van der Waals surface area contributed by atoms with Gasteiger partial charge in [-0.3, -0.25) is 0 Å². The number of hydrogen-bond acceptors (Lipinski definition) is 5. The quantitative estimate of drug-likeness (QED) is 0.491. The zero-order valence-electron chi connectivity index (χ0n) is 11.6. The minimum Gasteiger partial charge on any atom is -0.479 e. The van der Waals surface area contributed by atoms with Crippen molar-refractivity contribution in [3.05, 3.63) is 0 Å². The molecule has 18 heavy (non-hydrogen) atoms. The number of nitrogens with two attached hydrogens (primary N) is 1. The van der Waals surface area contributed by atoms with Gasteiger partial charge in [0.2, 0.25) is 0 Å². The topological polar surface area (TPSA) is 110 Å². The molecule has 0 bridgehead atoms. The van der Waals surface area contributed by atoms with Crippen LogP contribution in [0.1, 0.15) is 41.0 Å². The molecule has 0 radical (unpaired) electrons. The zero-order valence-corrected chi connectivity index (χ0v) is 11.6. The number of aliphatic carboxylic acids is 1. The second kappa shape index (κ2) is 5.67. The Bertz CT molecular complexity index is 321. The van der Waals surface area contributed by atoms with Crippen molar-refractivity contribution in [3.63, 3.8) is 0 Å². The number of esters is 1. The standard InChI is InChI=1S/C12H23NO5/c1-7(2)6-8(13)12(17,9(14)15)10(16)18-11(3,4)5/h7-8,17H,6,13H2,1-5H3,(H,14,15). The molecule has 2 unspecified atom stereocenters. The van der Waals surface area contributed by atoms with Crippen LogP contribution in [0.2, 0.25) is 0 Å². The number of aliphatic hydroxyl groups is 1. The lowest BCUT2D eigenvalue weighted by molar-refractivity contribution is -0.190. The first-order chi connectivity index (χ1) is 7.91. The van der Waals surface area contributed by atoms with Crippen LogP contribution < -0.4 is 5.73 Å². The summed E-state index contributed by atoms with van der Waals surface area (Å²) < 4.78 is 4.92. The monoisotopic (exact) mass is 261 g/mol. The average Bonchev–Trinajstić information content (AvgIpc) is 2.11. The largest absolute Gasteiger partial charge is 0.479 e. The van der Waals surface area contributed by atoms with Crippen LogP contribution in [0.3, 0.4) is 0 Å². The van der Waals surface area contributed by atoms with E-state index >= 15 is 0 Å². The Morgan fingerprint density at radius 2 is 1.72 bits per heavy atom. The number of hydrogen-bond donors (Lipinski definition) is 3. The molecule has 6 heteroatoms. The molecule has 4 N–H and O–H groups in total. The van der Waals surface area contributed by atoms with Gasteiger partial charge in [0, 0.05) is 0 Å². The lowest BCUT2D eigenvalue weighted by Crippen LogP contribution is -2.61. The van der Waals surface area contributed by atoms with Crippen LogP contribution in [-0.4, -0.2) is 39.4 Å². The number of rotatable bonds is 5. The first-order valence-corrected chi connectivity index (χ1v) is 5.86. The van der Waals surface area contributed by atoms with Gasteiger partial charge in [-0.05, 0) is 33.1 Å². The van der Waals surface area contributed by atoms with Crippen LogP contribution in [0.4, 0.5) is 0 Å². The molecule has 0 heterocycles. The molecule has 6 nitrogen and oxygen atoms in total. The van der Waals surface area contributed by atoms with Crippen LogP contribution >= 0.6 is 0 Å². The molecule has 0 aliphatic carbocycles. The number of carbonyl (C=O) groups is 2. The van der Waals surface area contributed by atoms with E-state index in [2.05, 4.69) is 0 Å². The molecule has 0 amide bonds. The van der Waals surface area contributed by atoms with Gasteiger partial charge in [-0.25, -0.2) is 9.59 Å². The minimum atomic E-state index is -2.71. The molecule has 0 saturated carbocycles. The van der Waals surface area contributed by atoms with E-state index in [-0.39, 0.29) is 12.3 Å². The molecule has 0 aliphatic heterocycles. The van der Waals surface area contributed by atoms with Crippen molar-refractivity contribution >= 4 is 11.9 Å². The Hall–Kier alpha value is -1.14. The van der Waals surface area contributed by atoms with Crippen molar-refractivity contribution in [1.29, 1.82) is 0 Å². The number of carboxylic acids is 1. The zero-order chi connectivity index (χ0) is 14.7. The molecule has 0 spiro atoms. The first-order valence-electron chi connectivity index (χ1n) is 5.86. The van der Waals surface area contributed by atoms with Crippen LogP contribution in [-0.2, 0) is 14.3 Å². The van der Waals surface area contributed by atoms with Crippen LogP contribution in [0.5, 0.6) is 0 Å². The molecule has 0 saturated heterocycles. The molecular weight excluding hydrogens is 238 g/mol. The van der Waals surface area contributed by atoms with Crippen LogP contribution in [0.25, 0.3) is 0 Å². The maximum atomic E-state index is 11.8. The lowest BCUT2D eigenvalue weighted by Gasteiger charge is -2.31. The van der Waals surface area contributed by atoms with Gasteiger partial charge in [-0.15, -0.1) is 0 Å². The highest BCUT2D eigenvalue weighted by Gasteiger charge is 2.52. The lowest BCUT2D eigenvalue weighted by atomic mass is 9.88. The summed E-state index contributed by atoms with van der Waals surface area (Å²) in [7, 11) is 0. The van der Waals surface area contributed by atoms with Gasteiger partial charge in [0.05, 0.1) is 6.04 Å². The number of carbonyl (C=O) groups excluding carboxylic acids is 1. The molecular formula is C12H23NO5. The Kier molecular flexibility index (Phi) is 5.31. The molecule has 0 rings (SSSR count). The van der Waals surface area contributed by atoms with E-state index in [9.17, 15) is 14.7 Å². The van der Waals surface area contributed by atoms with Crippen molar-refractivity contribution in [2.75, 3.05) is 0 Å². The SMILES string of the molecule is CC(C)CC(N)C(O)(C(=O)O)C(=O)OC(C)(C)C. The molecule has 0 aliphatic rings. The number of ether oxygens (including phenoxy) is 1. The summed E-state index contributed by atoms with van der Waals surface area (Å²) in [6, 6.07) is -1.22.